The van der Waals surface area contributed by atoms with Gasteiger partial charge in [0.25, 0.3) is 5.91 Å². The molecule has 0 fully saturated rings. The van der Waals surface area contributed by atoms with Crippen LogP contribution in [0.5, 0.6) is 0 Å². The van der Waals surface area contributed by atoms with Crippen LogP contribution >= 0.6 is 0 Å². The van der Waals surface area contributed by atoms with E-state index in [0.29, 0.717) is 0 Å². The molecule has 0 aliphatic heterocycles. The molecule has 1 aliphatic carbocycles. The Balaban J connectivity index is 2.16. The number of aliphatic carboxylic acids is 1. The van der Waals surface area contributed by atoms with Crippen molar-refractivity contribution in [1.82, 2.24) is 10.5 Å². The van der Waals surface area contributed by atoms with Gasteiger partial charge < -0.3 is 14.9 Å². The van der Waals surface area contributed by atoms with E-state index in [4.69, 9.17) is 9.63 Å². The Hall–Kier alpha value is -1.85. The van der Waals surface area contributed by atoms with Crippen LogP contribution in [0.25, 0.3) is 0 Å². The third kappa shape index (κ3) is 2.52. The fourth-order valence-electron chi connectivity index (χ4n) is 2.07. The maximum absolute atomic E-state index is 11.9. The van der Waals surface area contributed by atoms with Gasteiger partial charge in [-0.2, -0.15) is 0 Å². The van der Waals surface area contributed by atoms with Gasteiger partial charge in [0.15, 0.2) is 5.69 Å². The van der Waals surface area contributed by atoms with E-state index < -0.39 is 17.9 Å². The van der Waals surface area contributed by atoms with Crippen molar-refractivity contribution < 1.29 is 19.2 Å². The predicted molar refractivity (Wildman–Crippen MR) is 62.3 cm³/mol. The van der Waals surface area contributed by atoms with Crippen molar-refractivity contribution in [2.24, 2.45) is 0 Å². The van der Waals surface area contributed by atoms with Gasteiger partial charge in [-0.25, -0.2) is 0 Å². The predicted octanol–water partition coefficient (Wildman–Crippen LogP) is 1.15. The first-order chi connectivity index (χ1) is 8.59. The van der Waals surface area contributed by atoms with Crippen molar-refractivity contribution in [2.45, 2.75) is 45.1 Å². The van der Waals surface area contributed by atoms with Crippen molar-refractivity contribution >= 4 is 11.9 Å². The molecule has 1 amide bonds. The van der Waals surface area contributed by atoms with Crippen LogP contribution in [0.3, 0.4) is 0 Å². The Morgan fingerprint density at radius 2 is 2.06 bits per heavy atom. The van der Waals surface area contributed by atoms with Gasteiger partial charge in [0.05, 0.1) is 0 Å². The molecular formula is C12H16N2O4. The molecule has 1 aromatic heterocycles. The highest BCUT2D eigenvalue weighted by Crippen LogP contribution is 2.23. The summed E-state index contributed by atoms with van der Waals surface area (Å²) >= 11 is 0. The molecule has 0 saturated carbocycles. The van der Waals surface area contributed by atoms with Crippen LogP contribution < -0.4 is 5.32 Å². The van der Waals surface area contributed by atoms with Crippen LogP contribution in [-0.4, -0.2) is 28.2 Å². The van der Waals surface area contributed by atoms with Crippen LogP contribution in [0, 0.1) is 0 Å². The first-order valence-corrected chi connectivity index (χ1v) is 6.10. The highest BCUT2D eigenvalue weighted by atomic mass is 16.5. The van der Waals surface area contributed by atoms with E-state index in [1.165, 1.54) is 6.92 Å². The molecule has 2 N–H and O–H groups in total. The zero-order chi connectivity index (χ0) is 13.1. The quantitative estimate of drug-likeness (QED) is 0.787. The molecule has 2 rings (SSSR count). The highest BCUT2D eigenvalue weighted by Gasteiger charge is 2.25. The maximum atomic E-state index is 11.9. The summed E-state index contributed by atoms with van der Waals surface area (Å²) in [6, 6.07) is -0.935. The van der Waals surface area contributed by atoms with Crippen molar-refractivity contribution in [1.29, 1.82) is 0 Å². The van der Waals surface area contributed by atoms with Gasteiger partial charge in [-0.05, 0) is 26.2 Å². The molecule has 1 aliphatic rings. The largest absolute Gasteiger partial charge is 0.480 e. The van der Waals surface area contributed by atoms with E-state index in [0.717, 1.165) is 43.4 Å². The molecule has 0 radical (unpaired) electrons. The number of nitrogens with zero attached hydrogens (tertiary/aromatic N) is 1. The lowest BCUT2D eigenvalue weighted by molar-refractivity contribution is -0.138. The van der Waals surface area contributed by atoms with Gasteiger partial charge >= 0.3 is 5.97 Å². The number of fused-ring (bicyclic) bond motifs is 1. The van der Waals surface area contributed by atoms with Crippen LogP contribution in [0.2, 0.25) is 0 Å². The number of aryl methyl sites for hydroxylation is 1. The van der Waals surface area contributed by atoms with Gasteiger partial charge in [0, 0.05) is 12.0 Å². The number of carbonyl (C=O) groups is 2. The van der Waals surface area contributed by atoms with Crippen LogP contribution in [-0.2, 0) is 17.6 Å². The van der Waals surface area contributed by atoms with E-state index in [1.807, 2.05) is 0 Å². The summed E-state index contributed by atoms with van der Waals surface area (Å²) in [5.74, 6) is -0.782. The summed E-state index contributed by atoms with van der Waals surface area (Å²) in [6.45, 7) is 1.42. The lowest BCUT2D eigenvalue weighted by atomic mass is 10.1. The smallest absolute Gasteiger partial charge is 0.325 e. The number of aromatic nitrogens is 1. The Morgan fingerprint density at radius 1 is 1.33 bits per heavy atom. The number of carboxylic acids is 1. The van der Waals surface area contributed by atoms with Crippen molar-refractivity contribution in [3.63, 3.8) is 0 Å². The van der Waals surface area contributed by atoms with E-state index in [9.17, 15) is 9.59 Å². The molecule has 6 nitrogen and oxygen atoms in total. The molecule has 0 saturated heterocycles. The number of carbonyl (C=O) groups excluding carboxylic acids is 1. The third-order valence-corrected chi connectivity index (χ3v) is 3.13. The number of amides is 1. The lowest BCUT2D eigenvalue weighted by Crippen LogP contribution is -2.38. The second-order valence-electron chi connectivity index (χ2n) is 4.53. The van der Waals surface area contributed by atoms with E-state index in [1.54, 1.807) is 0 Å². The minimum atomic E-state index is -1.07. The Bertz CT molecular complexity index is 467. The van der Waals surface area contributed by atoms with Gasteiger partial charge in [0.1, 0.15) is 11.8 Å². The molecule has 0 spiro atoms. The summed E-state index contributed by atoms with van der Waals surface area (Å²) in [5, 5.41) is 14.9. The van der Waals surface area contributed by atoms with Gasteiger partial charge in [-0.15, -0.1) is 0 Å². The average Bonchev–Trinajstić information content (AvgIpc) is 2.58. The molecule has 1 heterocycles. The van der Waals surface area contributed by atoms with E-state index >= 15 is 0 Å². The third-order valence-electron chi connectivity index (χ3n) is 3.13. The minimum Gasteiger partial charge on any atom is -0.480 e. The fourth-order valence-corrected chi connectivity index (χ4v) is 2.07. The Morgan fingerprint density at radius 3 is 2.78 bits per heavy atom. The van der Waals surface area contributed by atoms with Gasteiger partial charge in [-0.1, -0.05) is 11.6 Å². The molecule has 98 valence electrons. The van der Waals surface area contributed by atoms with Crippen LogP contribution in [0.1, 0.15) is 48.0 Å². The molecule has 1 aromatic rings. The summed E-state index contributed by atoms with van der Waals surface area (Å²) in [6.07, 6.45) is 4.71. The molecule has 0 bridgehead atoms. The fraction of sp³-hybridized carbons (Fsp3) is 0.583. The van der Waals surface area contributed by atoms with Crippen molar-refractivity contribution in [3.8, 4) is 0 Å². The van der Waals surface area contributed by atoms with Gasteiger partial charge in [0.2, 0.25) is 0 Å². The summed E-state index contributed by atoms with van der Waals surface area (Å²) < 4.78 is 5.17. The topological polar surface area (TPSA) is 92.4 Å². The number of rotatable bonds is 3. The first kappa shape index (κ1) is 12.6. The minimum absolute atomic E-state index is 0.236. The second kappa shape index (κ2) is 5.20. The first-order valence-electron chi connectivity index (χ1n) is 6.10. The molecule has 18 heavy (non-hydrogen) atoms. The van der Waals surface area contributed by atoms with Crippen LogP contribution in [0.15, 0.2) is 4.52 Å². The number of carboxylic acid groups (broad SMARTS) is 1. The summed E-state index contributed by atoms with van der Waals surface area (Å²) in [4.78, 5) is 22.6. The maximum Gasteiger partial charge on any atom is 0.325 e. The standard InChI is InChI=1S/C12H16N2O4/c1-7(12(16)17)13-11(15)10-8-5-3-2-4-6-9(8)18-14-10/h7H,2-6H2,1H3,(H,13,15)(H,16,17)/t7-/m0/s1. The highest BCUT2D eigenvalue weighted by molar-refractivity contribution is 5.96. The van der Waals surface area contributed by atoms with Crippen molar-refractivity contribution in [2.75, 3.05) is 0 Å². The molecule has 1 atom stereocenters. The number of hydrogen-bond donors (Lipinski definition) is 2. The molecule has 6 heteroatoms. The molecule has 0 aromatic carbocycles. The second-order valence-corrected chi connectivity index (χ2v) is 4.53. The van der Waals surface area contributed by atoms with E-state index in [-0.39, 0.29) is 5.69 Å². The average molecular weight is 252 g/mol. The number of hydrogen-bond acceptors (Lipinski definition) is 4. The van der Waals surface area contributed by atoms with E-state index in [2.05, 4.69) is 10.5 Å². The Labute approximate surface area is 104 Å². The summed E-state index contributed by atoms with van der Waals surface area (Å²) in [5.41, 5.74) is 1.07. The SMILES string of the molecule is C[C@H](NC(=O)c1noc2c1CCCCC2)C(=O)O. The van der Waals surface area contributed by atoms with Gasteiger partial charge in [-0.3, -0.25) is 9.59 Å². The normalized spacial score (nSPS) is 16.5. The zero-order valence-corrected chi connectivity index (χ0v) is 10.2. The monoisotopic (exact) mass is 252 g/mol. The lowest BCUT2D eigenvalue weighted by Gasteiger charge is -2.08. The van der Waals surface area contributed by atoms with Crippen molar-refractivity contribution in [3.05, 3.63) is 17.0 Å². The zero-order valence-electron chi connectivity index (χ0n) is 10.2. The molecular weight excluding hydrogens is 236 g/mol. The Kier molecular flexibility index (Phi) is 3.64. The molecule has 0 unspecified atom stereocenters. The number of nitrogens with one attached hydrogen (secondary N) is 1. The van der Waals surface area contributed by atoms with Crippen LogP contribution in [0.4, 0.5) is 0 Å². The summed E-state index contributed by atoms with van der Waals surface area (Å²) in [7, 11) is 0.